The van der Waals surface area contributed by atoms with Gasteiger partial charge in [-0.05, 0) is 58.1 Å². The highest BCUT2D eigenvalue weighted by Crippen LogP contribution is 2.35. The number of nitrogens with zero attached hydrogens (tertiary/aromatic N) is 3. The third-order valence-electron chi connectivity index (χ3n) is 3.74. The SMILES string of the molecule is CC(C)(C)n1cnnc1-c1cc2c(s1)CCCCC2. The average molecular weight is 275 g/mol. The molecule has 0 aromatic carbocycles. The quantitative estimate of drug-likeness (QED) is 0.736. The molecule has 0 aliphatic heterocycles. The molecule has 19 heavy (non-hydrogen) atoms. The molecular weight excluding hydrogens is 254 g/mol. The molecule has 0 fully saturated rings. The highest BCUT2D eigenvalue weighted by molar-refractivity contribution is 7.15. The van der Waals surface area contributed by atoms with Crippen molar-refractivity contribution in [2.45, 2.75) is 58.4 Å². The van der Waals surface area contributed by atoms with Crippen LogP contribution < -0.4 is 0 Å². The van der Waals surface area contributed by atoms with Crippen molar-refractivity contribution in [2.75, 3.05) is 0 Å². The Morgan fingerprint density at radius 2 is 1.95 bits per heavy atom. The Hall–Kier alpha value is -1.16. The van der Waals surface area contributed by atoms with Crippen LogP contribution in [-0.2, 0) is 18.4 Å². The second-order valence-corrected chi connectivity index (χ2v) is 7.45. The fourth-order valence-corrected chi connectivity index (χ4v) is 3.91. The zero-order valence-electron chi connectivity index (χ0n) is 11.9. The van der Waals surface area contributed by atoms with E-state index in [1.54, 1.807) is 10.4 Å². The Kier molecular flexibility index (Phi) is 3.21. The van der Waals surface area contributed by atoms with Crippen molar-refractivity contribution in [3.8, 4) is 10.7 Å². The van der Waals surface area contributed by atoms with Crippen molar-refractivity contribution in [1.82, 2.24) is 14.8 Å². The number of hydrogen-bond acceptors (Lipinski definition) is 3. The van der Waals surface area contributed by atoms with E-state index in [1.807, 2.05) is 17.7 Å². The zero-order chi connectivity index (χ0) is 13.5. The van der Waals surface area contributed by atoms with E-state index in [1.165, 1.54) is 37.0 Å². The smallest absolute Gasteiger partial charge is 0.174 e. The van der Waals surface area contributed by atoms with Crippen molar-refractivity contribution < 1.29 is 0 Å². The molecule has 0 bridgehead atoms. The molecule has 0 N–H and O–H groups in total. The first kappa shape index (κ1) is 12.9. The van der Waals surface area contributed by atoms with Gasteiger partial charge in [-0.15, -0.1) is 21.5 Å². The van der Waals surface area contributed by atoms with Crippen LogP contribution in [0.25, 0.3) is 10.7 Å². The number of thiophene rings is 1. The maximum Gasteiger partial charge on any atom is 0.174 e. The molecule has 2 heterocycles. The van der Waals surface area contributed by atoms with Gasteiger partial charge in [0.25, 0.3) is 0 Å². The normalized spacial score (nSPS) is 16.2. The van der Waals surface area contributed by atoms with E-state index in [9.17, 15) is 0 Å². The minimum atomic E-state index is 0.0280. The van der Waals surface area contributed by atoms with Gasteiger partial charge < -0.3 is 4.57 Å². The number of hydrogen-bond donors (Lipinski definition) is 0. The highest BCUT2D eigenvalue weighted by Gasteiger charge is 2.21. The number of aromatic nitrogens is 3. The van der Waals surface area contributed by atoms with Gasteiger partial charge in [-0.2, -0.15) is 0 Å². The van der Waals surface area contributed by atoms with Crippen LogP contribution in [0.3, 0.4) is 0 Å². The summed E-state index contributed by atoms with van der Waals surface area (Å²) < 4.78 is 2.18. The summed E-state index contributed by atoms with van der Waals surface area (Å²) in [7, 11) is 0. The minimum Gasteiger partial charge on any atom is -0.308 e. The Balaban J connectivity index is 2.02. The van der Waals surface area contributed by atoms with Gasteiger partial charge in [0.2, 0.25) is 0 Å². The van der Waals surface area contributed by atoms with Gasteiger partial charge in [0, 0.05) is 10.4 Å². The molecular formula is C15H21N3S. The summed E-state index contributed by atoms with van der Waals surface area (Å²) in [6.07, 6.45) is 8.35. The number of fused-ring (bicyclic) bond motifs is 1. The second-order valence-electron chi connectivity index (χ2n) is 6.32. The van der Waals surface area contributed by atoms with Gasteiger partial charge in [0.05, 0.1) is 4.88 Å². The standard InChI is InChI=1S/C15H21N3S/c1-15(2,3)18-10-16-17-14(18)13-9-11-7-5-4-6-8-12(11)19-13/h9-10H,4-8H2,1-3H3. The largest absolute Gasteiger partial charge is 0.308 e. The molecule has 102 valence electrons. The van der Waals surface area contributed by atoms with E-state index >= 15 is 0 Å². The molecule has 3 nitrogen and oxygen atoms in total. The fourth-order valence-electron chi connectivity index (χ4n) is 2.67. The summed E-state index contributed by atoms with van der Waals surface area (Å²) in [5, 5.41) is 8.45. The third-order valence-corrected chi connectivity index (χ3v) is 4.97. The Labute approximate surface area is 118 Å². The Morgan fingerprint density at radius 1 is 1.16 bits per heavy atom. The molecule has 2 aromatic rings. The van der Waals surface area contributed by atoms with Crippen LogP contribution in [0.15, 0.2) is 12.4 Å². The minimum absolute atomic E-state index is 0.0280. The molecule has 0 saturated carbocycles. The predicted octanol–water partition coefficient (Wildman–Crippen LogP) is 4.03. The van der Waals surface area contributed by atoms with Crippen molar-refractivity contribution in [1.29, 1.82) is 0 Å². The van der Waals surface area contributed by atoms with E-state index in [0.717, 1.165) is 5.82 Å². The van der Waals surface area contributed by atoms with Crippen molar-refractivity contribution in [3.05, 3.63) is 22.8 Å². The maximum atomic E-state index is 4.34. The van der Waals surface area contributed by atoms with Crippen molar-refractivity contribution in [2.24, 2.45) is 0 Å². The molecule has 0 spiro atoms. The van der Waals surface area contributed by atoms with Crippen LogP contribution in [0.4, 0.5) is 0 Å². The lowest BCUT2D eigenvalue weighted by Gasteiger charge is -2.21. The third kappa shape index (κ3) is 2.46. The van der Waals surface area contributed by atoms with Crippen molar-refractivity contribution in [3.63, 3.8) is 0 Å². The van der Waals surface area contributed by atoms with Gasteiger partial charge in [-0.1, -0.05) is 6.42 Å². The summed E-state index contributed by atoms with van der Waals surface area (Å²) in [5.74, 6) is 1.02. The van der Waals surface area contributed by atoms with Gasteiger partial charge in [-0.3, -0.25) is 0 Å². The van der Waals surface area contributed by atoms with E-state index in [2.05, 4.69) is 41.6 Å². The van der Waals surface area contributed by atoms with Gasteiger partial charge in [0.15, 0.2) is 5.82 Å². The molecule has 0 saturated heterocycles. The molecule has 1 aliphatic carbocycles. The number of rotatable bonds is 1. The fraction of sp³-hybridized carbons (Fsp3) is 0.600. The summed E-state index contributed by atoms with van der Waals surface area (Å²) in [4.78, 5) is 2.84. The lowest BCUT2D eigenvalue weighted by atomic mass is 10.1. The first-order valence-corrected chi connectivity index (χ1v) is 7.90. The summed E-state index contributed by atoms with van der Waals surface area (Å²) >= 11 is 1.91. The summed E-state index contributed by atoms with van der Waals surface area (Å²) in [5.41, 5.74) is 1.57. The monoisotopic (exact) mass is 275 g/mol. The van der Waals surface area contributed by atoms with Gasteiger partial charge >= 0.3 is 0 Å². The Bertz CT molecular complexity index is 551. The van der Waals surface area contributed by atoms with Crippen LogP contribution in [0.1, 0.15) is 50.5 Å². The van der Waals surface area contributed by atoms with Crippen LogP contribution in [-0.4, -0.2) is 14.8 Å². The van der Waals surface area contributed by atoms with E-state index in [-0.39, 0.29) is 5.54 Å². The van der Waals surface area contributed by atoms with Gasteiger partial charge in [-0.25, -0.2) is 0 Å². The lowest BCUT2D eigenvalue weighted by Crippen LogP contribution is -2.21. The average Bonchev–Trinajstić information content (AvgIpc) is 2.91. The van der Waals surface area contributed by atoms with Crippen LogP contribution in [0, 0.1) is 0 Å². The summed E-state index contributed by atoms with van der Waals surface area (Å²) in [6.45, 7) is 6.58. The maximum absolute atomic E-state index is 4.34. The highest BCUT2D eigenvalue weighted by atomic mass is 32.1. The molecule has 0 unspecified atom stereocenters. The molecule has 2 aromatic heterocycles. The Morgan fingerprint density at radius 3 is 2.74 bits per heavy atom. The summed E-state index contributed by atoms with van der Waals surface area (Å²) in [6, 6.07) is 2.34. The first-order valence-electron chi connectivity index (χ1n) is 7.08. The first-order chi connectivity index (χ1) is 9.05. The zero-order valence-corrected chi connectivity index (χ0v) is 12.8. The van der Waals surface area contributed by atoms with Gasteiger partial charge in [0.1, 0.15) is 6.33 Å². The van der Waals surface area contributed by atoms with E-state index in [0.29, 0.717) is 0 Å². The predicted molar refractivity (Wildman–Crippen MR) is 79.6 cm³/mol. The second kappa shape index (κ2) is 4.75. The van der Waals surface area contributed by atoms with Crippen LogP contribution >= 0.6 is 11.3 Å². The topological polar surface area (TPSA) is 30.7 Å². The number of aryl methyl sites for hydroxylation is 2. The lowest BCUT2D eigenvalue weighted by molar-refractivity contribution is 0.400. The van der Waals surface area contributed by atoms with Crippen LogP contribution in [0.2, 0.25) is 0 Å². The van der Waals surface area contributed by atoms with Crippen LogP contribution in [0.5, 0.6) is 0 Å². The molecule has 1 aliphatic rings. The molecule has 0 atom stereocenters. The van der Waals surface area contributed by atoms with Crippen molar-refractivity contribution >= 4 is 11.3 Å². The molecule has 4 heteroatoms. The molecule has 3 rings (SSSR count). The van der Waals surface area contributed by atoms with E-state index < -0.39 is 0 Å². The molecule has 0 amide bonds. The van der Waals surface area contributed by atoms with E-state index in [4.69, 9.17) is 0 Å². The molecule has 0 radical (unpaired) electrons.